The fourth-order valence-corrected chi connectivity index (χ4v) is 4.08. The molecular weight excluding hydrogens is 264 g/mol. The van der Waals surface area contributed by atoms with Gasteiger partial charge in [0.15, 0.2) is 0 Å². The van der Waals surface area contributed by atoms with E-state index in [-0.39, 0.29) is 6.04 Å². The zero-order valence-electron chi connectivity index (χ0n) is 10.6. The van der Waals surface area contributed by atoms with Gasteiger partial charge in [-0.05, 0) is 19.1 Å². The van der Waals surface area contributed by atoms with Gasteiger partial charge in [0.1, 0.15) is 10.5 Å². The van der Waals surface area contributed by atoms with Crippen LogP contribution >= 0.6 is 0 Å². The number of hydrogen-bond donors (Lipinski definition) is 2. The lowest BCUT2D eigenvalue weighted by Gasteiger charge is -2.30. The molecule has 0 spiro atoms. The Hall–Kier alpha value is -1.44. The molecule has 102 valence electrons. The van der Waals surface area contributed by atoms with E-state index in [4.69, 9.17) is 0 Å². The Balaban J connectivity index is 2.04. The maximum Gasteiger partial charge on any atom is 0.245 e. The molecule has 0 unspecified atom stereocenters. The summed E-state index contributed by atoms with van der Waals surface area (Å²) in [6.07, 6.45) is 3.17. The highest BCUT2D eigenvalue weighted by atomic mass is 32.2. The smallest absolute Gasteiger partial charge is 0.245 e. The van der Waals surface area contributed by atoms with Gasteiger partial charge in [0.05, 0.1) is 0 Å². The van der Waals surface area contributed by atoms with Crippen molar-refractivity contribution in [2.24, 2.45) is 0 Å². The Labute approximate surface area is 111 Å². The van der Waals surface area contributed by atoms with Gasteiger partial charge in [-0.2, -0.15) is 4.31 Å². The van der Waals surface area contributed by atoms with Crippen LogP contribution in [0, 0.1) is 0 Å². The van der Waals surface area contributed by atoms with Gasteiger partial charge in [0.2, 0.25) is 10.0 Å². The minimum atomic E-state index is -3.46. The predicted molar refractivity (Wildman–Crippen MR) is 72.3 cm³/mol. The first-order chi connectivity index (χ1) is 9.09. The van der Waals surface area contributed by atoms with Gasteiger partial charge in [-0.25, -0.2) is 13.4 Å². The monoisotopic (exact) mass is 280 g/mol. The van der Waals surface area contributed by atoms with Gasteiger partial charge >= 0.3 is 0 Å². The van der Waals surface area contributed by atoms with Crippen molar-refractivity contribution >= 4 is 21.1 Å². The lowest BCUT2D eigenvalue weighted by atomic mass is 10.3. The predicted octanol–water partition coefficient (Wildman–Crippen LogP) is 0.545. The molecule has 1 saturated heterocycles. The molecule has 2 N–H and O–H groups in total. The van der Waals surface area contributed by atoms with Crippen LogP contribution in [0.2, 0.25) is 0 Å². The average molecular weight is 280 g/mol. The summed E-state index contributed by atoms with van der Waals surface area (Å²) in [6.45, 7) is 3.66. The van der Waals surface area contributed by atoms with Crippen molar-refractivity contribution in [1.29, 1.82) is 0 Å². The van der Waals surface area contributed by atoms with Crippen LogP contribution in [0.4, 0.5) is 0 Å². The van der Waals surface area contributed by atoms with E-state index in [0.717, 1.165) is 0 Å². The number of H-pyrrole nitrogens is 1. The maximum absolute atomic E-state index is 12.7. The Morgan fingerprint density at radius 2 is 2.32 bits per heavy atom. The van der Waals surface area contributed by atoms with E-state index in [0.29, 0.717) is 35.6 Å². The maximum atomic E-state index is 12.7. The fraction of sp³-hybridized carbons (Fsp3) is 0.417. The summed E-state index contributed by atoms with van der Waals surface area (Å²) in [5, 5.41) is 3.89. The number of nitrogens with one attached hydrogen (secondary N) is 2. The number of aromatic amines is 1. The van der Waals surface area contributed by atoms with Gasteiger partial charge in [-0.1, -0.05) is 0 Å². The molecule has 0 amide bonds. The lowest BCUT2D eigenvalue weighted by Crippen LogP contribution is -2.51. The molecule has 19 heavy (non-hydrogen) atoms. The first-order valence-corrected chi connectivity index (χ1v) is 7.68. The molecule has 3 heterocycles. The summed E-state index contributed by atoms with van der Waals surface area (Å²) < 4.78 is 26.8. The van der Waals surface area contributed by atoms with Crippen LogP contribution in [-0.2, 0) is 10.0 Å². The van der Waals surface area contributed by atoms with Crippen molar-refractivity contribution in [3.63, 3.8) is 0 Å². The number of hydrogen-bond acceptors (Lipinski definition) is 4. The van der Waals surface area contributed by atoms with Crippen molar-refractivity contribution < 1.29 is 8.42 Å². The number of fused-ring (bicyclic) bond motifs is 1. The van der Waals surface area contributed by atoms with Gasteiger partial charge in [-0.3, -0.25) is 0 Å². The van der Waals surface area contributed by atoms with E-state index in [1.165, 1.54) is 10.5 Å². The zero-order chi connectivity index (χ0) is 13.5. The Morgan fingerprint density at radius 1 is 1.47 bits per heavy atom. The van der Waals surface area contributed by atoms with Gasteiger partial charge in [-0.15, -0.1) is 0 Å². The number of sulfonamides is 1. The minimum Gasteiger partial charge on any atom is -0.345 e. The van der Waals surface area contributed by atoms with Crippen LogP contribution < -0.4 is 5.32 Å². The second kappa shape index (κ2) is 4.59. The van der Waals surface area contributed by atoms with Crippen LogP contribution in [-0.4, -0.2) is 48.4 Å². The van der Waals surface area contributed by atoms with Crippen molar-refractivity contribution in [2.75, 3.05) is 19.6 Å². The second-order valence-corrected chi connectivity index (χ2v) is 6.68. The molecule has 6 nitrogen and oxygen atoms in total. The topological polar surface area (TPSA) is 78.1 Å². The molecule has 1 aliphatic rings. The molecule has 7 heteroatoms. The van der Waals surface area contributed by atoms with Gasteiger partial charge in [0, 0.05) is 43.5 Å². The first kappa shape index (κ1) is 12.6. The molecule has 3 rings (SSSR count). The van der Waals surface area contributed by atoms with Crippen LogP contribution in [0.3, 0.4) is 0 Å². The van der Waals surface area contributed by atoms with E-state index in [1.54, 1.807) is 18.3 Å². The first-order valence-electron chi connectivity index (χ1n) is 6.24. The molecule has 0 aliphatic carbocycles. The third-order valence-corrected chi connectivity index (χ3v) is 5.27. The molecule has 2 aromatic rings. The highest BCUT2D eigenvalue weighted by molar-refractivity contribution is 7.89. The summed E-state index contributed by atoms with van der Waals surface area (Å²) in [4.78, 5) is 7.35. The van der Waals surface area contributed by atoms with Crippen molar-refractivity contribution in [2.45, 2.75) is 17.9 Å². The van der Waals surface area contributed by atoms with Crippen LogP contribution in [0.1, 0.15) is 6.92 Å². The number of aromatic nitrogens is 2. The highest BCUT2D eigenvalue weighted by Crippen LogP contribution is 2.24. The number of nitrogens with zero attached hydrogens (tertiary/aromatic N) is 2. The Kier molecular flexibility index (Phi) is 3.04. The standard InChI is InChI=1S/C12H16N4O2S/c1-9-8-16(6-5-13-9)19(17,18)11-7-15-12-10(11)3-2-4-14-12/h2-4,7,9,13H,5-6,8H2,1H3,(H,14,15)/t9-/m0/s1. The Morgan fingerprint density at radius 3 is 3.11 bits per heavy atom. The molecule has 0 radical (unpaired) electrons. The van der Waals surface area contributed by atoms with Crippen molar-refractivity contribution in [1.82, 2.24) is 19.6 Å². The van der Waals surface area contributed by atoms with Crippen molar-refractivity contribution in [3.05, 3.63) is 24.5 Å². The molecule has 0 saturated carbocycles. The molecule has 0 aromatic carbocycles. The molecule has 1 fully saturated rings. The number of rotatable bonds is 2. The lowest BCUT2D eigenvalue weighted by molar-refractivity contribution is 0.310. The van der Waals surface area contributed by atoms with E-state index >= 15 is 0 Å². The SMILES string of the molecule is C[C@H]1CN(S(=O)(=O)c2c[nH]c3ncccc23)CCN1. The highest BCUT2D eigenvalue weighted by Gasteiger charge is 2.30. The van der Waals surface area contributed by atoms with Crippen molar-refractivity contribution in [3.8, 4) is 0 Å². The number of pyridine rings is 1. The summed E-state index contributed by atoms with van der Waals surface area (Å²) >= 11 is 0. The van der Waals surface area contributed by atoms with Crippen LogP contribution in [0.25, 0.3) is 11.0 Å². The van der Waals surface area contributed by atoms with E-state index in [9.17, 15) is 8.42 Å². The average Bonchev–Trinajstić information content (AvgIpc) is 2.83. The van der Waals surface area contributed by atoms with E-state index < -0.39 is 10.0 Å². The van der Waals surface area contributed by atoms with E-state index in [1.807, 2.05) is 6.92 Å². The summed E-state index contributed by atoms with van der Waals surface area (Å²) in [5.41, 5.74) is 0.601. The van der Waals surface area contributed by atoms with E-state index in [2.05, 4.69) is 15.3 Å². The van der Waals surface area contributed by atoms with Crippen LogP contribution in [0.5, 0.6) is 0 Å². The molecule has 1 atom stereocenters. The largest absolute Gasteiger partial charge is 0.345 e. The summed E-state index contributed by atoms with van der Waals surface area (Å²) in [7, 11) is -3.46. The summed E-state index contributed by atoms with van der Waals surface area (Å²) in [5.74, 6) is 0. The normalized spacial score (nSPS) is 21.8. The molecule has 2 aromatic heterocycles. The van der Waals surface area contributed by atoms with Crippen LogP contribution in [0.15, 0.2) is 29.4 Å². The number of piperazine rings is 1. The third-order valence-electron chi connectivity index (χ3n) is 3.36. The minimum absolute atomic E-state index is 0.173. The van der Waals surface area contributed by atoms with Gasteiger partial charge < -0.3 is 10.3 Å². The molecule has 0 bridgehead atoms. The zero-order valence-corrected chi connectivity index (χ0v) is 11.4. The molecule has 1 aliphatic heterocycles. The quantitative estimate of drug-likeness (QED) is 0.842. The Bertz CT molecular complexity index is 695. The molecular formula is C12H16N4O2S. The summed E-state index contributed by atoms with van der Waals surface area (Å²) in [6, 6.07) is 3.69. The van der Waals surface area contributed by atoms with Gasteiger partial charge in [0.25, 0.3) is 0 Å². The fourth-order valence-electron chi connectivity index (χ4n) is 2.40. The third kappa shape index (κ3) is 2.13. The second-order valence-electron chi connectivity index (χ2n) is 4.77.